The molecule has 0 saturated carbocycles. The molecule has 2 aromatic carbocycles. The highest BCUT2D eigenvalue weighted by Gasteiger charge is 2.12. The lowest BCUT2D eigenvalue weighted by molar-refractivity contribution is -0.153. The normalized spacial score (nSPS) is 11.7. The van der Waals surface area contributed by atoms with Gasteiger partial charge in [0.15, 0.2) is 6.61 Å². The maximum absolute atomic E-state index is 11.9. The molecule has 0 bridgehead atoms. The van der Waals surface area contributed by atoms with E-state index in [1.54, 1.807) is 49.6 Å². The van der Waals surface area contributed by atoms with Gasteiger partial charge in [-0.2, -0.15) is 0 Å². The molecule has 1 amide bonds. The molecular formula is C20H21ClN2O5. The molecule has 8 heteroatoms. The number of halogens is 1. The molecule has 0 aliphatic rings. The van der Waals surface area contributed by atoms with Crippen molar-refractivity contribution >= 4 is 29.7 Å². The van der Waals surface area contributed by atoms with Gasteiger partial charge in [-0.1, -0.05) is 28.9 Å². The Balaban J connectivity index is 1.67. The molecule has 0 fully saturated rings. The van der Waals surface area contributed by atoms with Crippen LogP contribution in [0.1, 0.15) is 24.1 Å². The van der Waals surface area contributed by atoms with Crippen molar-refractivity contribution in [1.29, 1.82) is 0 Å². The highest BCUT2D eigenvalue weighted by atomic mass is 35.5. The maximum atomic E-state index is 11.9. The number of nitrogens with zero attached hydrogens (tertiary/aromatic N) is 1. The Labute approximate surface area is 168 Å². The molecule has 7 nitrogen and oxygen atoms in total. The Morgan fingerprint density at radius 3 is 2.61 bits per heavy atom. The van der Waals surface area contributed by atoms with Crippen LogP contribution in [-0.2, 0) is 19.2 Å². The Morgan fingerprint density at radius 1 is 1.18 bits per heavy atom. The molecule has 148 valence electrons. The fraction of sp³-hybridized carbons (Fsp3) is 0.250. The Kier molecular flexibility index (Phi) is 8.30. The van der Waals surface area contributed by atoms with Crippen molar-refractivity contribution in [2.75, 3.05) is 20.3 Å². The summed E-state index contributed by atoms with van der Waals surface area (Å²) in [6.45, 7) is 1.00. The predicted molar refractivity (Wildman–Crippen MR) is 106 cm³/mol. The zero-order chi connectivity index (χ0) is 20.4. The van der Waals surface area contributed by atoms with E-state index in [1.807, 2.05) is 13.0 Å². The number of oxime groups is 1. The fourth-order valence-electron chi connectivity index (χ4n) is 2.21. The number of carbonyl (C=O) groups excluding carboxylic acids is 2. The Morgan fingerprint density at radius 2 is 1.93 bits per heavy atom. The smallest absolute Gasteiger partial charge is 0.347 e. The Bertz CT molecular complexity index is 824. The maximum Gasteiger partial charge on any atom is 0.347 e. The fourth-order valence-corrected chi connectivity index (χ4v) is 2.41. The van der Waals surface area contributed by atoms with E-state index >= 15 is 0 Å². The number of hydrogen-bond acceptors (Lipinski definition) is 6. The van der Waals surface area contributed by atoms with E-state index in [0.717, 1.165) is 16.9 Å². The van der Waals surface area contributed by atoms with Crippen LogP contribution in [0.15, 0.2) is 53.7 Å². The highest BCUT2D eigenvalue weighted by Crippen LogP contribution is 2.17. The summed E-state index contributed by atoms with van der Waals surface area (Å²) in [7, 11) is 1.58. The van der Waals surface area contributed by atoms with E-state index < -0.39 is 25.1 Å². The number of hydrogen-bond donors (Lipinski definition) is 1. The minimum Gasteiger partial charge on any atom is -0.497 e. The van der Waals surface area contributed by atoms with Gasteiger partial charge in [0.1, 0.15) is 5.75 Å². The molecule has 1 atom stereocenters. The van der Waals surface area contributed by atoms with Crippen LogP contribution in [0.5, 0.6) is 5.75 Å². The molecule has 0 spiro atoms. The monoisotopic (exact) mass is 404 g/mol. The zero-order valence-corrected chi connectivity index (χ0v) is 16.3. The first-order valence-electron chi connectivity index (χ1n) is 8.48. The first kappa shape index (κ1) is 21.2. The van der Waals surface area contributed by atoms with Gasteiger partial charge in [0.2, 0.25) is 6.61 Å². The standard InChI is InChI=1S/C20H21ClN2O5/c1-14(16-4-3-5-17(21)10-16)23-19(24)12-27-20(25)13-28-22-11-15-6-8-18(26-2)9-7-15/h3-11,14H,12-13H2,1-2H3,(H,23,24)/b22-11-/t14-/m1/s1. The van der Waals surface area contributed by atoms with Gasteiger partial charge >= 0.3 is 5.97 Å². The van der Waals surface area contributed by atoms with Crippen LogP contribution in [0, 0.1) is 0 Å². The number of methoxy groups -OCH3 is 1. The van der Waals surface area contributed by atoms with Crippen LogP contribution in [0.4, 0.5) is 0 Å². The number of rotatable bonds is 9. The van der Waals surface area contributed by atoms with Crippen LogP contribution in [0.3, 0.4) is 0 Å². The van der Waals surface area contributed by atoms with Crippen molar-refractivity contribution in [3.05, 3.63) is 64.7 Å². The van der Waals surface area contributed by atoms with Crippen LogP contribution in [0.2, 0.25) is 5.02 Å². The largest absolute Gasteiger partial charge is 0.497 e. The number of ether oxygens (including phenoxy) is 2. The molecule has 2 rings (SSSR count). The number of benzene rings is 2. The minimum atomic E-state index is -0.697. The minimum absolute atomic E-state index is 0.268. The number of nitrogens with one attached hydrogen (secondary N) is 1. The van der Waals surface area contributed by atoms with E-state index in [-0.39, 0.29) is 6.04 Å². The van der Waals surface area contributed by atoms with Crippen molar-refractivity contribution in [3.8, 4) is 5.75 Å². The average molecular weight is 405 g/mol. The van der Waals surface area contributed by atoms with Gasteiger partial charge in [-0.25, -0.2) is 4.79 Å². The molecule has 28 heavy (non-hydrogen) atoms. The number of esters is 1. The Hall–Kier alpha value is -3.06. The summed E-state index contributed by atoms with van der Waals surface area (Å²) in [4.78, 5) is 28.4. The van der Waals surface area contributed by atoms with Gasteiger partial charge in [0.05, 0.1) is 19.4 Å². The van der Waals surface area contributed by atoms with Gasteiger partial charge in [-0.3, -0.25) is 4.79 Å². The predicted octanol–water partition coefficient (Wildman–Crippen LogP) is 3.12. The lowest BCUT2D eigenvalue weighted by Crippen LogP contribution is -2.31. The SMILES string of the molecule is COc1ccc(/C=N\OCC(=O)OCC(=O)N[C@H](C)c2cccc(Cl)c2)cc1. The molecule has 0 aliphatic carbocycles. The molecule has 0 heterocycles. The van der Waals surface area contributed by atoms with Gasteiger partial charge < -0.3 is 19.6 Å². The second-order valence-corrected chi connectivity index (χ2v) is 6.22. The topological polar surface area (TPSA) is 86.2 Å². The highest BCUT2D eigenvalue weighted by molar-refractivity contribution is 6.30. The molecule has 0 radical (unpaired) electrons. The number of amides is 1. The third kappa shape index (κ3) is 7.28. The van der Waals surface area contributed by atoms with E-state index in [4.69, 9.17) is 25.9 Å². The second kappa shape index (κ2) is 10.9. The molecule has 1 N–H and O–H groups in total. The van der Waals surface area contributed by atoms with Gasteiger partial charge in [0, 0.05) is 5.02 Å². The quantitative estimate of drug-likeness (QED) is 0.394. The van der Waals surface area contributed by atoms with Gasteiger partial charge in [-0.05, 0) is 54.4 Å². The van der Waals surface area contributed by atoms with E-state index in [0.29, 0.717) is 5.02 Å². The first-order chi connectivity index (χ1) is 13.5. The lowest BCUT2D eigenvalue weighted by Gasteiger charge is -2.14. The first-order valence-corrected chi connectivity index (χ1v) is 8.85. The second-order valence-electron chi connectivity index (χ2n) is 5.79. The van der Waals surface area contributed by atoms with Gasteiger partial charge in [0.25, 0.3) is 5.91 Å². The summed E-state index contributed by atoms with van der Waals surface area (Å²) < 4.78 is 9.91. The van der Waals surface area contributed by atoms with Crippen LogP contribution in [-0.4, -0.2) is 38.4 Å². The van der Waals surface area contributed by atoms with Crippen molar-refractivity contribution in [2.45, 2.75) is 13.0 Å². The average Bonchev–Trinajstić information content (AvgIpc) is 2.70. The summed E-state index contributed by atoms with van der Waals surface area (Å²) in [6, 6.07) is 14.0. The van der Waals surface area contributed by atoms with Crippen LogP contribution in [0.25, 0.3) is 0 Å². The molecule has 2 aromatic rings. The van der Waals surface area contributed by atoms with Crippen molar-refractivity contribution in [1.82, 2.24) is 5.32 Å². The molecule has 0 saturated heterocycles. The third-order valence-corrected chi connectivity index (χ3v) is 3.90. The summed E-state index contributed by atoms with van der Waals surface area (Å²) in [5.41, 5.74) is 1.63. The summed E-state index contributed by atoms with van der Waals surface area (Å²) in [5.74, 6) is -0.399. The lowest BCUT2D eigenvalue weighted by atomic mass is 10.1. The molecular weight excluding hydrogens is 384 g/mol. The van der Waals surface area contributed by atoms with E-state index in [9.17, 15) is 9.59 Å². The van der Waals surface area contributed by atoms with Crippen molar-refractivity contribution < 1.29 is 23.9 Å². The van der Waals surface area contributed by atoms with E-state index in [2.05, 4.69) is 10.5 Å². The summed E-state index contributed by atoms with van der Waals surface area (Å²) in [6.07, 6.45) is 1.45. The van der Waals surface area contributed by atoms with E-state index in [1.165, 1.54) is 6.21 Å². The molecule has 0 unspecified atom stereocenters. The van der Waals surface area contributed by atoms with Crippen molar-refractivity contribution in [2.24, 2.45) is 5.16 Å². The van der Waals surface area contributed by atoms with Crippen LogP contribution < -0.4 is 10.1 Å². The van der Waals surface area contributed by atoms with Crippen LogP contribution >= 0.6 is 11.6 Å². The van der Waals surface area contributed by atoms with Crippen molar-refractivity contribution in [3.63, 3.8) is 0 Å². The number of carbonyl (C=O) groups is 2. The molecule has 0 aliphatic heterocycles. The summed E-state index contributed by atoms with van der Waals surface area (Å²) >= 11 is 5.93. The third-order valence-electron chi connectivity index (χ3n) is 3.66. The zero-order valence-electron chi connectivity index (χ0n) is 15.6. The van der Waals surface area contributed by atoms with Gasteiger partial charge in [-0.15, -0.1) is 0 Å². The summed E-state index contributed by atoms with van der Waals surface area (Å²) in [5, 5.41) is 6.98. The molecule has 0 aromatic heterocycles.